The molecule has 0 aliphatic rings. The zero-order valence-electron chi connectivity index (χ0n) is 12.0. The van der Waals surface area contributed by atoms with E-state index in [2.05, 4.69) is 0 Å². The van der Waals surface area contributed by atoms with Crippen LogP contribution in [0.3, 0.4) is 0 Å². The van der Waals surface area contributed by atoms with Gasteiger partial charge in [0.2, 0.25) is 0 Å². The number of allylic oxidation sites excluding steroid dienone is 1. The lowest BCUT2D eigenvalue weighted by Gasteiger charge is -2.05. The summed E-state index contributed by atoms with van der Waals surface area (Å²) in [7, 11) is 1.62. The topological polar surface area (TPSA) is 26.3 Å². The second-order valence-corrected chi connectivity index (χ2v) is 4.76. The molecule has 0 aromatic heterocycles. The highest BCUT2D eigenvalue weighted by Gasteiger charge is 2.06. The van der Waals surface area contributed by atoms with E-state index in [1.54, 1.807) is 19.3 Å². The predicted molar refractivity (Wildman–Crippen MR) is 82.3 cm³/mol. The second kappa shape index (κ2) is 6.20. The highest BCUT2D eigenvalue weighted by Crippen LogP contribution is 2.19. The number of ketones is 1. The van der Waals surface area contributed by atoms with Crippen LogP contribution < -0.4 is 4.74 Å². The van der Waals surface area contributed by atoms with Crippen molar-refractivity contribution in [2.75, 3.05) is 7.11 Å². The molecule has 0 saturated heterocycles. The fraction of sp³-hybridized carbons (Fsp3) is 0.167. The smallest absolute Gasteiger partial charge is 0.186 e. The number of aryl methyl sites for hydroxylation is 2. The van der Waals surface area contributed by atoms with Gasteiger partial charge in [-0.25, -0.2) is 0 Å². The molecule has 0 amide bonds. The van der Waals surface area contributed by atoms with Gasteiger partial charge in [-0.3, -0.25) is 4.79 Å². The Kier molecular flexibility index (Phi) is 4.36. The summed E-state index contributed by atoms with van der Waals surface area (Å²) in [5, 5.41) is 0. The van der Waals surface area contributed by atoms with Crippen LogP contribution in [-0.4, -0.2) is 12.9 Å². The summed E-state index contributed by atoms with van der Waals surface area (Å²) < 4.78 is 5.26. The van der Waals surface area contributed by atoms with Crippen molar-refractivity contribution in [3.63, 3.8) is 0 Å². The summed E-state index contributed by atoms with van der Waals surface area (Å²) in [5.41, 5.74) is 3.72. The lowest BCUT2D eigenvalue weighted by atomic mass is 10.0. The van der Waals surface area contributed by atoms with Crippen molar-refractivity contribution < 1.29 is 9.53 Å². The van der Waals surface area contributed by atoms with Gasteiger partial charge in [0.25, 0.3) is 0 Å². The van der Waals surface area contributed by atoms with Crippen LogP contribution >= 0.6 is 0 Å². The first-order valence-electron chi connectivity index (χ1n) is 6.54. The monoisotopic (exact) mass is 266 g/mol. The Bertz CT molecular complexity index is 654. The number of carbonyl (C=O) groups excluding carboxylic acids is 1. The number of ether oxygens (including phenoxy) is 1. The first kappa shape index (κ1) is 14.1. The molecule has 0 aliphatic heterocycles. The van der Waals surface area contributed by atoms with E-state index in [0.717, 1.165) is 28.0 Å². The molecule has 2 nitrogen and oxygen atoms in total. The molecular weight excluding hydrogens is 248 g/mol. The van der Waals surface area contributed by atoms with Crippen LogP contribution in [0.15, 0.2) is 48.5 Å². The third kappa shape index (κ3) is 3.15. The molecular formula is C18H18O2. The maximum atomic E-state index is 12.3. The van der Waals surface area contributed by atoms with Crippen LogP contribution in [0.25, 0.3) is 6.08 Å². The number of benzene rings is 2. The number of hydrogen-bond acceptors (Lipinski definition) is 2. The molecule has 2 heteroatoms. The van der Waals surface area contributed by atoms with Crippen molar-refractivity contribution in [2.45, 2.75) is 13.8 Å². The summed E-state index contributed by atoms with van der Waals surface area (Å²) in [6, 6.07) is 13.5. The number of carbonyl (C=O) groups is 1. The van der Waals surface area contributed by atoms with Gasteiger partial charge in [-0.1, -0.05) is 35.9 Å². The first-order valence-corrected chi connectivity index (χ1v) is 6.54. The van der Waals surface area contributed by atoms with Gasteiger partial charge in [0.1, 0.15) is 5.75 Å². The molecule has 2 aromatic rings. The fourth-order valence-electron chi connectivity index (χ4n) is 2.06. The van der Waals surface area contributed by atoms with E-state index in [0.29, 0.717) is 0 Å². The zero-order chi connectivity index (χ0) is 14.5. The SMILES string of the molecule is COc1ccccc1/C=C/C(=O)c1cc(C)ccc1C. The second-order valence-electron chi connectivity index (χ2n) is 4.76. The van der Waals surface area contributed by atoms with E-state index < -0.39 is 0 Å². The Morgan fingerprint density at radius 1 is 1.10 bits per heavy atom. The van der Waals surface area contributed by atoms with Gasteiger partial charge < -0.3 is 4.74 Å². The maximum Gasteiger partial charge on any atom is 0.186 e. The standard InChI is InChI=1S/C18H18O2/c1-13-8-9-14(2)16(12-13)17(19)11-10-15-6-4-5-7-18(15)20-3/h4-12H,1-3H3/b11-10+. The third-order valence-electron chi connectivity index (χ3n) is 3.21. The number of methoxy groups -OCH3 is 1. The lowest BCUT2D eigenvalue weighted by Crippen LogP contribution is -1.98. The molecule has 0 radical (unpaired) electrons. The third-order valence-corrected chi connectivity index (χ3v) is 3.21. The lowest BCUT2D eigenvalue weighted by molar-refractivity contribution is 0.104. The molecule has 0 aliphatic carbocycles. The van der Waals surface area contributed by atoms with Gasteiger partial charge in [0.15, 0.2) is 5.78 Å². The minimum Gasteiger partial charge on any atom is -0.496 e. The Morgan fingerprint density at radius 3 is 2.60 bits per heavy atom. The van der Waals surface area contributed by atoms with Crippen molar-refractivity contribution in [3.8, 4) is 5.75 Å². The molecule has 2 aromatic carbocycles. The van der Waals surface area contributed by atoms with E-state index in [1.165, 1.54) is 0 Å². The summed E-state index contributed by atoms with van der Waals surface area (Å²) in [6.07, 6.45) is 3.39. The minimum atomic E-state index is 0.0112. The Hall–Kier alpha value is -2.35. The van der Waals surface area contributed by atoms with Gasteiger partial charge in [0.05, 0.1) is 7.11 Å². The van der Waals surface area contributed by atoms with Crippen molar-refractivity contribution in [3.05, 3.63) is 70.8 Å². The normalized spacial score (nSPS) is 10.8. The summed E-state index contributed by atoms with van der Waals surface area (Å²) in [6.45, 7) is 3.93. The Balaban J connectivity index is 2.27. The molecule has 20 heavy (non-hydrogen) atoms. The van der Waals surface area contributed by atoms with E-state index >= 15 is 0 Å². The molecule has 0 atom stereocenters. The Morgan fingerprint density at radius 2 is 1.85 bits per heavy atom. The number of hydrogen-bond donors (Lipinski definition) is 0. The van der Waals surface area contributed by atoms with Crippen LogP contribution in [0.5, 0.6) is 5.75 Å². The van der Waals surface area contributed by atoms with Crippen LogP contribution in [0.2, 0.25) is 0 Å². The van der Waals surface area contributed by atoms with Crippen molar-refractivity contribution in [1.82, 2.24) is 0 Å². The van der Waals surface area contributed by atoms with Crippen LogP contribution in [0.4, 0.5) is 0 Å². The van der Waals surface area contributed by atoms with E-state index in [1.807, 2.05) is 56.3 Å². The molecule has 0 spiro atoms. The molecule has 102 valence electrons. The average molecular weight is 266 g/mol. The number of para-hydroxylation sites is 1. The van der Waals surface area contributed by atoms with E-state index in [9.17, 15) is 4.79 Å². The maximum absolute atomic E-state index is 12.3. The van der Waals surface area contributed by atoms with Gasteiger partial charge in [-0.2, -0.15) is 0 Å². The summed E-state index contributed by atoms with van der Waals surface area (Å²) in [5.74, 6) is 0.773. The molecule has 0 N–H and O–H groups in total. The van der Waals surface area contributed by atoms with Crippen LogP contribution in [0, 0.1) is 13.8 Å². The van der Waals surface area contributed by atoms with Gasteiger partial charge in [-0.05, 0) is 43.7 Å². The van der Waals surface area contributed by atoms with Gasteiger partial charge >= 0.3 is 0 Å². The average Bonchev–Trinajstić information content (AvgIpc) is 2.47. The molecule has 0 fully saturated rings. The van der Waals surface area contributed by atoms with Crippen LogP contribution in [0.1, 0.15) is 27.0 Å². The van der Waals surface area contributed by atoms with Crippen molar-refractivity contribution >= 4 is 11.9 Å². The number of rotatable bonds is 4. The largest absolute Gasteiger partial charge is 0.496 e. The van der Waals surface area contributed by atoms with Crippen molar-refractivity contribution in [1.29, 1.82) is 0 Å². The van der Waals surface area contributed by atoms with Gasteiger partial charge in [0, 0.05) is 11.1 Å². The summed E-state index contributed by atoms with van der Waals surface area (Å²) in [4.78, 5) is 12.3. The first-order chi connectivity index (χ1) is 9.61. The van der Waals surface area contributed by atoms with Gasteiger partial charge in [-0.15, -0.1) is 0 Å². The highest BCUT2D eigenvalue weighted by atomic mass is 16.5. The molecule has 0 saturated carbocycles. The molecule has 0 bridgehead atoms. The predicted octanol–water partition coefficient (Wildman–Crippen LogP) is 4.21. The fourth-order valence-corrected chi connectivity index (χ4v) is 2.06. The van der Waals surface area contributed by atoms with E-state index in [4.69, 9.17) is 4.74 Å². The highest BCUT2D eigenvalue weighted by molar-refractivity contribution is 6.08. The van der Waals surface area contributed by atoms with Crippen molar-refractivity contribution in [2.24, 2.45) is 0 Å². The zero-order valence-corrected chi connectivity index (χ0v) is 12.0. The van der Waals surface area contributed by atoms with E-state index in [-0.39, 0.29) is 5.78 Å². The molecule has 0 heterocycles. The quantitative estimate of drug-likeness (QED) is 0.612. The van der Waals surface area contributed by atoms with Crippen LogP contribution in [-0.2, 0) is 0 Å². The minimum absolute atomic E-state index is 0.0112. The molecule has 2 rings (SSSR count). The summed E-state index contributed by atoms with van der Waals surface area (Å²) >= 11 is 0. The Labute approximate surface area is 119 Å². The molecule has 0 unspecified atom stereocenters.